The van der Waals surface area contributed by atoms with Crippen molar-refractivity contribution in [1.82, 2.24) is 39.9 Å². The lowest BCUT2D eigenvalue weighted by Crippen LogP contribution is -2.32. The molecule has 10 nitrogen and oxygen atoms in total. The second kappa shape index (κ2) is 14.9. The fourth-order valence-electron chi connectivity index (χ4n) is 4.77. The van der Waals surface area contributed by atoms with Crippen LogP contribution in [-0.2, 0) is 0 Å². The zero-order valence-corrected chi connectivity index (χ0v) is 25.3. The van der Waals surface area contributed by atoms with E-state index in [0.29, 0.717) is 43.0 Å². The highest BCUT2D eigenvalue weighted by molar-refractivity contribution is 6.28. The summed E-state index contributed by atoms with van der Waals surface area (Å²) in [5, 5.41) is 15.9. The third kappa shape index (κ3) is 11.2. The van der Waals surface area contributed by atoms with E-state index in [1.165, 1.54) is 17.1 Å². The Kier molecular flexibility index (Phi) is 11.2. The van der Waals surface area contributed by atoms with Gasteiger partial charge in [0.2, 0.25) is 17.1 Å². The van der Waals surface area contributed by atoms with Crippen LogP contribution in [0.1, 0.15) is 62.8 Å². The van der Waals surface area contributed by atoms with E-state index < -0.39 is 17.7 Å². The van der Waals surface area contributed by atoms with Crippen LogP contribution in [0.25, 0.3) is 5.95 Å². The number of alkyl halides is 4. The Hall–Kier alpha value is -3.95. The highest BCUT2D eigenvalue weighted by atomic mass is 35.5. The summed E-state index contributed by atoms with van der Waals surface area (Å²) in [5.41, 5.74) is 1.44. The van der Waals surface area contributed by atoms with Gasteiger partial charge in [0, 0.05) is 61.3 Å². The van der Waals surface area contributed by atoms with E-state index in [1.54, 1.807) is 19.1 Å². The first-order valence-electron chi connectivity index (χ1n) is 14.3. The fourth-order valence-corrected chi connectivity index (χ4v) is 4.99. The molecule has 0 unspecified atom stereocenters. The van der Waals surface area contributed by atoms with E-state index in [4.69, 9.17) is 11.6 Å². The van der Waals surface area contributed by atoms with Crippen LogP contribution in [0.4, 0.5) is 38.0 Å². The molecule has 2 aliphatic carbocycles. The van der Waals surface area contributed by atoms with E-state index in [2.05, 4.69) is 45.9 Å². The number of aryl methyl sites for hydroxylation is 2. The molecule has 0 aliphatic heterocycles. The second-order valence-corrected chi connectivity index (χ2v) is 11.3. The molecule has 2 aliphatic rings. The smallest absolute Gasteiger partial charge is 0.252 e. The predicted molar refractivity (Wildman–Crippen MR) is 156 cm³/mol. The minimum absolute atomic E-state index is 0.0417. The number of aromatic amines is 1. The summed E-state index contributed by atoms with van der Waals surface area (Å²) >= 11 is 5.73. The van der Waals surface area contributed by atoms with E-state index in [9.17, 15) is 26.3 Å². The SMILES string of the molecule is Cc1cc(NC2CCC(F)(F)CC2)nc(-n2cc(F)cn2)n1.Cc1cc(NC2CCC(F)(F)CC2)nc(Cl)n1.Fc1cn[nH]c1. The normalized spacial score (nSPS) is 17.8. The topological polar surface area (TPSA) is 122 Å². The average molecular weight is 659 g/mol. The van der Waals surface area contributed by atoms with Crippen LogP contribution in [0.5, 0.6) is 0 Å². The summed E-state index contributed by atoms with van der Waals surface area (Å²) in [6.07, 6.45) is 5.86. The number of nitrogens with zero attached hydrogens (tertiary/aromatic N) is 7. The molecular weight excluding hydrogens is 626 g/mol. The van der Waals surface area contributed by atoms with Gasteiger partial charge in [0.15, 0.2) is 11.6 Å². The number of anilines is 2. The molecule has 0 radical (unpaired) electrons. The summed E-state index contributed by atoms with van der Waals surface area (Å²) in [4.78, 5) is 16.4. The molecule has 45 heavy (non-hydrogen) atoms. The van der Waals surface area contributed by atoms with Crippen LogP contribution in [0, 0.1) is 25.5 Å². The van der Waals surface area contributed by atoms with Crippen molar-refractivity contribution < 1.29 is 26.3 Å². The van der Waals surface area contributed by atoms with Gasteiger partial charge in [0.25, 0.3) is 5.95 Å². The van der Waals surface area contributed by atoms with Gasteiger partial charge in [-0.05, 0) is 51.1 Å². The van der Waals surface area contributed by atoms with Crippen LogP contribution in [-0.4, -0.2) is 63.8 Å². The molecule has 0 aromatic carbocycles. The first-order valence-corrected chi connectivity index (χ1v) is 14.6. The number of halogens is 7. The Balaban J connectivity index is 0.000000177. The van der Waals surface area contributed by atoms with Crippen molar-refractivity contribution in [3.63, 3.8) is 0 Å². The van der Waals surface area contributed by atoms with Crippen molar-refractivity contribution in [1.29, 1.82) is 0 Å². The number of rotatable bonds is 5. The number of H-pyrrole nitrogens is 1. The van der Waals surface area contributed by atoms with Gasteiger partial charge >= 0.3 is 0 Å². The molecule has 2 saturated carbocycles. The number of hydrogen-bond donors (Lipinski definition) is 3. The summed E-state index contributed by atoms with van der Waals surface area (Å²) in [5.74, 6) is -4.47. The van der Waals surface area contributed by atoms with Crippen molar-refractivity contribution >= 4 is 23.2 Å². The Morgan fingerprint density at radius 3 is 1.73 bits per heavy atom. The van der Waals surface area contributed by atoms with E-state index >= 15 is 0 Å². The number of hydrogen-bond acceptors (Lipinski definition) is 8. The summed E-state index contributed by atoms with van der Waals surface area (Å²) in [6.45, 7) is 3.60. The Labute approximate surface area is 260 Å². The van der Waals surface area contributed by atoms with E-state index in [0.717, 1.165) is 18.1 Å². The van der Waals surface area contributed by atoms with Gasteiger partial charge in [-0.2, -0.15) is 15.2 Å². The minimum atomic E-state index is -2.56. The summed E-state index contributed by atoms with van der Waals surface area (Å²) in [6, 6.07) is 3.49. The standard InChI is InChI=1S/C14H16F3N5.C11H14ClF2N3.C3H3FN2/c1-9-6-12(20-11-2-4-14(16,17)5-3-11)21-13(19-9)22-8-10(15)7-18-22;1-7-6-9(17-10(12)15-7)16-8-2-4-11(13,14)5-3-8;4-3-1-5-6-2-3/h6-8,11H,2-5H2,1H3,(H,19,20,21);6,8H,2-5H2,1H3,(H,15,16,17);1-2H,(H,5,6). The largest absolute Gasteiger partial charge is 0.367 e. The minimum Gasteiger partial charge on any atom is -0.367 e. The molecule has 4 heterocycles. The third-order valence-corrected chi connectivity index (χ3v) is 7.20. The van der Waals surface area contributed by atoms with Crippen molar-refractivity contribution in [2.24, 2.45) is 0 Å². The highest BCUT2D eigenvalue weighted by Crippen LogP contribution is 2.35. The zero-order chi connectivity index (χ0) is 32.6. The maximum absolute atomic E-state index is 13.2. The first-order chi connectivity index (χ1) is 21.2. The first kappa shape index (κ1) is 33.9. The third-order valence-electron chi connectivity index (χ3n) is 7.03. The van der Waals surface area contributed by atoms with Crippen molar-refractivity contribution in [2.45, 2.75) is 89.1 Å². The lowest BCUT2D eigenvalue weighted by Gasteiger charge is -2.29. The van der Waals surface area contributed by atoms with Crippen molar-refractivity contribution in [3.8, 4) is 5.95 Å². The maximum Gasteiger partial charge on any atom is 0.252 e. The molecule has 2 fully saturated rings. The van der Waals surface area contributed by atoms with Crippen LogP contribution >= 0.6 is 11.6 Å². The van der Waals surface area contributed by atoms with E-state index in [1.807, 2.05) is 6.92 Å². The molecule has 17 heteroatoms. The second-order valence-electron chi connectivity index (χ2n) is 10.9. The lowest BCUT2D eigenvalue weighted by molar-refractivity contribution is -0.0366. The lowest BCUT2D eigenvalue weighted by atomic mass is 9.92. The zero-order valence-electron chi connectivity index (χ0n) is 24.6. The average Bonchev–Trinajstić information content (AvgIpc) is 3.62. The molecule has 0 saturated heterocycles. The van der Waals surface area contributed by atoms with Gasteiger partial charge in [0.1, 0.15) is 11.6 Å². The molecule has 4 aromatic heterocycles. The van der Waals surface area contributed by atoms with Gasteiger partial charge in [-0.25, -0.2) is 46.0 Å². The van der Waals surface area contributed by atoms with Crippen molar-refractivity contribution in [2.75, 3.05) is 10.6 Å². The van der Waals surface area contributed by atoms with Gasteiger partial charge < -0.3 is 10.6 Å². The van der Waals surface area contributed by atoms with Gasteiger partial charge in [-0.15, -0.1) is 0 Å². The van der Waals surface area contributed by atoms with Crippen LogP contribution in [0.2, 0.25) is 5.28 Å². The molecule has 0 atom stereocenters. The summed E-state index contributed by atoms with van der Waals surface area (Å²) < 4.78 is 78.1. The van der Waals surface area contributed by atoms with Gasteiger partial charge in [0.05, 0.1) is 24.8 Å². The molecule has 6 rings (SSSR count). The monoisotopic (exact) mass is 658 g/mol. The predicted octanol–water partition coefficient (Wildman–Crippen LogP) is 7.08. The molecule has 4 aromatic rings. The summed E-state index contributed by atoms with van der Waals surface area (Å²) in [7, 11) is 0. The van der Waals surface area contributed by atoms with Crippen LogP contribution < -0.4 is 10.6 Å². The molecular formula is C28H33ClF6N10. The highest BCUT2D eigenvalue weighted by Gasteiger charge is 2.35. The van der Waals surface area contributed by atoms with Crippen molar-refractivity contribution in [3.05, 3.63) is 65.2 Å². The molecule has 0 spiro atoms. The quantitative estimate of drug-likeness (QED) is 0.154. The molecule has 0 bridgehead atoms. The van der Waals surface area contributed by atoms with Gasteiger partial charge in [-0.3, -0.25) is 5.10 Å². The maximum atomic E-state index is 13.2. The fraction of sp³-hybridized carbons (Fsp3) is 0.500. The Morgan fingerprint density at radius 1 is 0.778 bits per heavy atom. The van der Waals surface area contributed by atoms with Crippen LogP contribution in [0.3, 0.4) is 0 Å². The van der Waals surface area contributed by atoms with Gasteiger partial charge in [-0.1, -0.05) is 0 Å². The molecule has 3 N–H and O–H groups in total. The number of nitrogens with one attached hydrogen (secondary N) is 3. The molecule has 0 amide bonds. The Morgan fingerprint density at radius 2 is 1.31 bits per heavy atom. The Bertz CT molecular complexity index is 1480. The van der Waals surface area contributed by atoms with E-state index in [-0.39, 0.29) is 54.8 Å². The number of aromatic nitrogens is 8. The molecule has 244 valence electrons. The van der Waals surface area contributed by atoms with Crippen LogP contribution in [0.15, 0.2) is 36.9 Å².